The molecule has 0 aliphatic rings. The molecule has 0 saturated heterocycles. The van der Waals surface area contributed by atoms with Crippen molar-refractivity contribution in [1.29, 1.82) is 0 Å². The highest BCUT2D eigenvalue weighted by Gasteiger charge is 2.20. The molecule has 0 aliphatic heterocycles. The van der Waals surface area contributed by atoms with E-state index in [2.05, 4.69) is 55.6 Å². The van der Waals surface area contributed by atoms with Crippen LogP contribution in [0.25, 0.3) is 0 Å². The molecule has 0 aromatic heterocycles. The van der Waals surface area contributed by atoms with Gasteiger partial charge < -0.3 is 20.3 Å². The van der Waals surface area contributed by atoms with Crippen LogP contribution in [0.15, 0.2) is 36.5 Å². The van der Waals surface area contributed by atoms with Gasteiger partial charge in [-0.25, -0.2) is 0 Å². The summed E-state index contributed by atoms with van der Waals surface area (Å²) >= 11 is 0. The summed E-state index contributed by atoms with van der Waals surface area (Å²) in [7, 11) is 0. The first-order valence-electron chi connectivity index (χ1n) is 28.3. The number of hydrogen-bond donors (Lipinski definition) is 3. The summed E-state index contributed by atoms with van der Waals surface area (Å²) in [4.78, 5) is 24.5. The third-order valence-electron chi connectivity index (χ3n) is 12.9. The first-order chi connectivity index (χ1) is 31.5. The molecule has 0 bridgehead atoms. The van der Waals surface area contributed by atoms with E-state index in [9.17, 15) is 19.8 Å². The van der Waals surface area contributed by atoms with Crippen molar-refractivity contribution in [2.24, 2.45) is 0 Å². The molecular weight excluding hydrogens is 791 g/mol. The number of aliphatic hydroxyl groups excluding tert-OH is 2. The third kappa shape index (κ3) is 49.5. The molecule has 0 saturated carbocycles. The van der Waals surface area contributed by atoms with E-state index in [4.69, 9.17) is 4.74 Å². The number of amides is 1. The Bertz CT molecular complexity index is 1040. The molecule has 0 heterocycles. The quantitative estimate of drug-likeness (QED) is 0.0245. The molecular formula is C58H109NO5. The highest BCUT2D eigenvalue weighted by atomic mass is 16.5. The maximum atomic E-state index is 12.5. The van der Waals surface area contributed by atoms with E-state index in [-0.39, 0.29) is 18.5 Å². The van der Waals surface area contributed by atoms with Gasteiger partial charge >= 0.3 is 5.97 Å². The highest BCUT2D eigenvalue weighted by molar-refractivity contribution is 5.76. The zero-order chi connectivity index (χ0) is 46.5. The Morgan fingerprint density at radius 2 is 0.781 bits per heavy atom. The molecule has 0 fully saturated rings. The Morgan fingerprint density at radius 1 is 0.438 bits per heavy atom. The molecule has 0 aliphatic carbocycles. The van der Waals surface area contributed by atoms with Gasteiger partial charge in [0.1, 0.15) is 0 Å². The number of ether oxygens (including phenoxy) is 1. The van der Waals surface area contributed by atoms with Crippen LogP contribution in [0.5, 0.6) is 0 Å². The summed E-state index contributed by atoms with van der Waals surface area (Å²) in [5.41, 5.74) is 0. The zero-order valence-corrected chi connectivity index (χ0v) is 42.8. The lowest BCUT2D eigenvalue weighted by Crippen LogP contribution is -2.45. The van der Waals surface area contributed by atoms with Gasteiger partial charge in [0, 0.05) is 12.8 Å². The number of carbonyl (C=O) groups excluding carboxylic acids is 2. The van der Waals surface area contributed by atoms with E-state index in [1.54, 1.807) is 0 Å². The average molecular weight is 901 g/mol. The van der Waals surface area contributed by atoms with E-state index in [0.29, 0.717) is 25.9 Å². The van der Waals surface area contributed by atoms with E-state index >= 15 is 0 Å². The summed E-state index contributed by atoms with van der Waals surface area (Å²) in [6.07, 6.45) is 65.5. The minimum atomic E-state index is -0.679. The van der Waals surface area contributed by atoms with Gasteiger partial charge in [-0.2, -0.15) is 0 Å². The lowest BCUT2D eigenvalue weighted by atomic mass is 10.0. The number of carbonyl (C=O) groups is 2. The Hall–Kier alpha value is -1.92. The van der Waals surface area contributed by atoms with Crippen molar-refractivity contribution in [3.8, 4) is 0 Å². The Kier molecular flexibility index (Phi) is 52.1. The largest absolute Gasteiger partial charge is 0.466 e. The summed E-state index contributed by atoms with van der Waals surface area (Å²) in [6, 6.07) is -0.559. The molecule has 0 rings (SSSR count). The minimum Gasteiger partial charge on any atom is -0.466 e. The topological polar surface area (TPSA) is 95.9 Å². The van der Waals surface area contributed by atoms with Crippen LogP contribution >= 0.6 is 0 Å². The summed E-state index contributed by atoms with van der Waals surface area (Å²) < 4.78 is 5.44. The fraction of sp³-hybridized carbons (Fsp3) is 0.862. The normalized spacial score (nSPS) is 12.9. The van der Waals surface area contributed by atoms with Gasteiger partial charge in [0.25, 0.3) is 0 Å². The molecule has 1 amide bonds. The molecule has 2 atom stereocenters. The van der Waals surface area contributed by atoms with E-state index in [1.165, 1.54) is 186 Å². The van der Waals surface area contributed by atoms with Gasteiger partial charge in [-0.1, -0.05) is 237 Å². The van der Waals surface area contributed by atoms with Crippen molar-refractivity contribution < 1.29 is 24.5 Å². The Labute approximate surface area is 398 Å². The van der Waals surface area contributed by atoms with Crippen molar-refractivity contribution in [3.05, 3.63) is 36.5 Å². The molecule has 2 unspecified atom stereocenters. The number of allylic oxidation sites excluding steroid dienone is 6. The van der Waals surface area contributed by atoms with Crippen LogP contribution in [0, 0.1) is 0 Å². The number of hydrogen-bond acceptors (Lipinski definition) is 5. The summed E-state index contributed by atoms with van der Waals surface area (Å²) in [5, 5.41) is 23.3. The fourth-order valence-corrected chi connectivity index (χ4v) is 8.57. The van der Waals surface area contributed by atoms with Crippen LogP contribution in [0.1, 0.15) is 296 Å². The van der Waals surface area contributed by atoms with Crippen molar-refractivity contribution in [1.82, 2.24) is 5.32 Å². The highest BCUT2D eigenvalue weighted by Crippen LogP contribution is 2.16. The minimum absolute atomic E-state index is 0.0296. The maximum Gasteiger partial charge on any atom is 0.305 e. The van der Waals surface area contributed by atoms with Crippen molar-refractivity contribution >= 4 is 11.9 Å². The summed E-state index contributed by atoms with van der Waals surface area (Å²) in [5.74, 6) is -0.0863. The van der Waals surface area contributed by atoms with Crippen LogP contribution in [0.2, 0.25) is 0 Å². The van der Waals surface area contributed by atoms with Crippen molar-refractivity contribution in [2.75, 3.05) is 13.2 Å². The first kappa shape index (κ1) is 62.1. The van der Waals surface area contributed by atoms with Crippen LogP contribution in [-0.2, 0) is 14.3 Å². The van der Waals surface area contributed by atoms with Crippen LogP contribution in [-0.4, -0.2) is 47.4 Å². The van der Waals surface area contributed by atoms with Crippen LogP contribution in [0.3, 0.4) is 0 Å². The standard InChI is InChI=1S/C58H109NO5/c1-3-5-7-9-11-13-15-17-19-20-23-26-30-34-38-42-46-50-56(61)55(54-60)59-57(62)51-47-43-39-35-31-27-24-21-25-29-33-37-41-45-49-53-64-58(63)52-48-44-40-36-32-28-22-18-16-14-12-10-8-6-4-2/h18,21-22,25,29,33,55-56,60-61H,3-17,19-20,23-24,26-28,30-32,34-54H2,1-2H3,(H,59,62)/b22-18-,25-21-,33-29-. The first-order valence-corrected chi connectivity index (χ1v) is 28.3. The lowest BCUT2D eigenvalue weighted by molar-refractivity contribution is -0.143. The molecule has 3 N–H and O–H groups in total. The van der Waals surface area contributed by atoms with E-state index < -0.39 is 12.1 Å². The molecule has 0 aromatic carbocycles. The molecule has 0 spiro atoms. The molecule has 6 nitrogen and oxygen atoms in total. The average Bonchev–Trinajstić information content (AvgIpc) is 3.29. The van der Waals surface area contributed by atoms with Gasteiger partial charge in [-0.05, 0) is 83.5 Å². The molecule has 0 aromatic rings. The monoisotopic (exact) mass is 900 g/mol. The fourth-order valence-electron chi connectivity index (χ4n) is 8.57. The van der Waals surface area contributed by atoms with Crippen molar-refractivity contribution in [2.45, 2.75) is 309 Å². The van der Waals surface area contributed by atoms with Gasteiger partial charge in [-0.15, -0.1) is 0 Å². The molecule has 376 valence electrons. The van der Waals surface area contributed by atoms with Crippen molar-refractivity contribution in [3.63, 3.8) is 0 Å². The predicted molar refractivity (Wildman–Crippen MR) is 278 cm³/mol. The van der Waals surface area contributed by atoms with Gasteiger partial charge in [0.15, 0.2) is 0 Å². The number of unbranched alkanes of at least 4 members (excludes halogenated alkanes) is 36. The Morgan fingerprint density at radius 3 is 1.20 bits per heavy atom. The molecule has 6 heteroatoms. The second-order valence-corrected chi connectivity index (χ2v) is 19.3. The number of esters is 1. The summed E-state index contributed by atoms with van der Waals surface area (Å²) in [6.45, 7) is 4.89. The van der Waals surface area contributed by atoms with Gasteiger partial charge in [-0.3, -0.25) is 9.59 Å². The van der Waals surface area contributed by atoms with Crippen LogP contribution in [0.4, 0.5) is 0 Å². The molecule has 64 heavy (non-hydrogen) atoms. The number of aliphatic hydroxyl groups is 2. The zero-order valence-electron chi connectivity index (χ0n) is 42.8. The SMILES string of the molecule is CCCCCCCC/C=C\CCCCCCCC(=O)OCCCCC/C=C\C=C/CCCCCCCCC(=O)NC(CO)C(O)CCCCCCCCCCCCCCCCCCC. The van der Waals surface area contributed by atoms with E-state index in [0.717, 1.165) is 77.0 Å². The second kappa shape index (κ2) is 53.7. The van der Waals surface area contributed by atoms with Gasteiger partial charge in [0.2, 0.25) is 5.91 Å². The number of rotatable bonds is 52. The predicted octanol–water partition coefficient (Wildman–Crippen LogP) is 17.2. The van der Waals surface area contributed by atoms with Gasteiger partial charge in [0.05, 0.1) is 25.4 Å². The third-order valence-corrected chi connectivity index (χ3v) is 12.9. The number of nitrogens with one attached hydrogen (secondary N) is 1. The Balaban J connectivity index is 3.52. The van der Waals surface area contributed by atoms with E-state index in [1.807, 2.05) is 0 Å². The second-order valence-electron chi connectivity index (χ2n) is 19.3. The maximum absolute atomic E-state index is 12.5. The lowest BCUT2D eigenvalue weighted by Gasteiger charge is -2.22. The molecule has 0 radical (unpaired) electrons. The van der Waals surface area contributed by atoms with Crippen LogP contribution < -0.4 is 5.32 Å². The smallest absolute Gasteiger partial charge is 0.305 e.